The molecule has 1 radical (unpaired) electrons. The lowest BCUT2D eigenvalue weighted by atomic mass is 10.4. The number of carbonyl (C=O) groups excluding carboxylic acids is 1. The van der Waals surface area contributed by atoms with E-state index in [9.17, 15) is 4.79 Å². The van der Waals surface area contributed by atoms with E-state index in [-0.39, 0.29) is 0 Å². The van der Waals surface area contributed by atoms with Crippen LogP contribution >= 0.6 is 0 Å². The molecule has 1 amide bonds. The van der Waals surface area contributed by atoms with Gasteiger partial charge in [0.2, 0.25) is 0 Å². The summed E-state index contributed by atoms with van der Waals surface area (Å²) in [6, 6.07) is 0. The largest absolute Gasteiger partial charge is 0.324 e. The summed E-state index contributed by atoms with van der Waals surface area (Å²) in [4.78, 5) is 9.68. The fourth-order valence-electron chi connectivity index (χ4n) is 0.893. The third kappa shape index (κ3) is 1.20. The summed E-state index contributed by atoms with van der Waals surface area (Å²) in [6.45, 7) is 1.96. The van der Waals surface area contributed by atoms with Crippen LogP contribution in [0.25, 0.3) is 0 Å². The molecule has 1 aliphatic heterocycles. The molecule has 0 aliphatic carbocycles. The number of hydrogen-bond donors (Lipinski definition) is 1. The second-order valence-electron chi connectivity index (χ2n) is 1.91. The van der Waals surface area contributed by atoms with E-state index in [0.29, 0.717) is 0 Å². The maximum absolute atomic E-state index is 9.68. The van der Waals surface area contributed by atoms with E-state index in [4.69, 9.17) is 0 Å². The van der Waals surface area contributed by atoms with Crippen molar-refractivity contribution in [1.82, 2.24) is 10.4 Å². The van der Waals surface area contributed by atoms with Gasteiger partial charge < -0.3 is 0 Å². The first-order chi connectivity index (χ1) is 3.93. The van der Waals surface area contributed by atoms with Crippen molar-refractivity contribution in [3.8, 4) is 0 Å². The molecule has 0 aromatic heterocycles. The third-order valence-corrected chi connectivity index (χ3v) is 1.31. The Balaban J connectivity index is 2.14. The summed E-state index contributed by atoms with van der Waals surface area (Å²) in [7, 11) is 0. The van der Waals surface area contributed by atoms with Gasteiger partial charge in [-0.25, -0.2) is 5.01 Å². The van der Waals surface area contributed by atoms with Gasteiger partial charge in [0.05, 0.1) is 0 Å². The van der Waals surface area contributed by atoms with Crippen molar-refractivity contribution in [2.75, 3.05) is 13.1 Å². The maximum atomic E-state index is 9.68. The monoisotopic (exact) mass is 113 g/mol. The van der Waals surface area contributed by atoms with E-state index in [1.807, 2.05) is 5.01 Å². The lowest BCUT2D eigenvalue weighted by Crippen LogP contribution is -2.33. The van der Waals surface area contributed by atoms with Crippen LogP contribution in [0.1, 0.15) is 12.8 Å². The van der Waals surface area contributed by atoms with Gasteiger partial charge in [-0.15, -0.1) is 0 Å². The van der Waals surface area contributed by atoms with Crippen molar-refractivity contribution in [3.63, 3.8) is 0 Å². The summed E-state index contributed by atoms with van der Waals surface area (Å²) >= 11 is 0. The highest BCUT2D eigenvalue weighted by atomic mass is 16.1. The maximum Gasteiger partial charge on any atom is 0.324 e. The number of nitrogens with zero attached hydrogens (tertiary/aromatic N) is 1. The Morgan fingerprint density at radius 3 is 2.50 bits per heavy atom. The van der Waals surface area contributed by atoms with Gasteiger partial charge in [-0.05, 0) is 12.8 Å². The predicted molar refractivity (Wildman–Crippen MR) is 29.6 cm³/mol. The fourth-order valence-corrected chi connectivity index (χ4v) is 0.893. The molecule has 0 spiro atoms. The van der Waals surface area contributed by atoms with Crippen molar-refractivity contribution in [2.24, 2.45) is 0 Å². The zero-order chi connectivity index (χ0) is 5.82. The first-order valence-electron chi connectivity index (χ1n) is 2.81. The molecule has 1 saturated heterocycles. The van der Waals surface area contributed by atoms with Crippen LogP contribution < -0.4 is 5.43 Å². The standard InChI is InChI=1S/C5H9N2O/c8-5-6-7-3-1-2-4-7/h1-4H2,(H,6,8). The van der Waals surface area contributed by atoms with Gasteiger partial charge in [0.1, 0.15) is 0 Å². The van der Waals surface area contributed by atoms with Crippen LogP contribution in [0, 0.1) is 0 Å². The molecule has 0 saturated carbocycles. The van der Waals surface area contributed by atoms with Crippen molar-refractivity contribution < 1.29 is 4.79 Å². The van der Waals surface area contributed by atoms with Gasteiger partial charge in [-0.3, -0.25) is 10.2 Å². The molecule has 8 heavy (non-hydrogen) atoms. The molecule has 0 aromatic carbocycles. The Labute approximate surface area is 48.6 Å². The van der Waals surface area contributed by atoms with Gasteiger partial charge in [0, 0.05) is 13.1 Å². The van der Waals surface area contributed by atoms with Crippen molar-refractivity contribution in [2.45, 2.75) is 12.8 Å². The summed E-state index contributed by atoms with van der Waals surface area (Å²) in [6.07, 6.45) is 4.01. The molecule has 1 rings (SSSR count). The van der Waals surface area contributed by atoms with Crippen LogP contribution in [0.15, 0.2) is 0 Å². The van der Waals surface area contributed by atoms with Crippen LogP contribution in [-0.4, -0.2) is 24.5 Å². The number of nitrogens with one attached hydrogen (secondary N) is 1. The number of hydrazine groups is 1. The zero-order valence-electron chi connectivity index (χ0n) is 4.68. The molecular formula is C5H9N2O. The fraction of sp³-hybridized carbons (Fsp3) is 0.800. The first-order valence-corrected chi connectivity index (χ1v) is 2.81. The van der Waals surface area contributed by atoms with E-state index >= 15 is 0 Å². The predicted octanol–water partition coefficient (Wildman–Crippen LogP) is -0.346. The Hall–Kier alpha value is -0.570. The van der Waals surface area contributed by atoms with Crippen molar-refractivity contribution in [1.29, 1.82) is 0 Å². The van der Waals surface area contributed by atoms with E-state index in [1.165, 1.54) is 12.8 Å². The highest BCUT2D eigenvalue weighted by molar-refractivity contribution is 5.46. The Morgan fingerprint density at radius 1 is 1.38 bits per heavy atom. The molecule has 1 fully saturated rings. The third-order valence-electron chi connectivity index (χ3n) is 1.31. The highest BCUT2D eigenvalue weighted by Crippen LogP contribution is 2.01. The molecule has 3 nitrogen and oxygen atoms in total. The van der Waals surface area contributed by atoms with Gasteiger partial charge in [-0.1, -0.05) is 0 Å². The first kappa shape index (κ1) is 5.56. The number of amides is 1. The second kappa shape index (κ2) is 2.67. The summed E-state index contributed by atoms with van der Waals surface area (Å²) in [5.74, 6) is 0. The van der Waals surface area contributed by atoms with Gasteiger partial charge in [0.25, 0.3) is 0 Å². The minimum Gasteiger partial charge on any atom is -0.280 e. The molecule has 3 heteroatoms. The average molecular weight is 113 g/mol. The van der Waals surface area contributed by atoms with Gasteiger partial charge >= 0.3 is 6.41 Å². The number of hydrogen-bond acceptors (Lipinski definition) is 2. The minimum atomic E-state index is 0.981. The van der Waals surface area contributed by atoms with Crippen LogP contribution in [0.3, 0.4) is 0 Å². The minimum absolute atomic E-state index is 0.981. The van der Waals surface area contributed by atoms with Crippen LogP contribution in [0.5, 0.6) is 0 Å². The van der Waals surface area contributed by atoms with E-state index < -0.39 is 0 Å². The highest BCUT2D eigenvalue weighted by Gasteiger charge is 2.08. The van der Waals surface area contributed by atoms with E-state index in [1.54, 1.807) is 6.41 Å². The van der Waals surface area contributed by atoms with Crippen molar-refractivity contribution in [3.05, 3.63) is 0 Å². The molecule has 0 bridgehead atoms. The summed E-state index contributed by atoms with van der Waals surface area (Å²) in [5, 5.41) is 1.87. The summed E-state index contributed by atoms with van der Waals surface area (Å²) < 4.78 is 0. The van der Waals surface area contributed by atoms with Gasteiger partial charge in [-0.2, -0.15) is 0 Å². The molecule has 1 heterocycles. The SMILES string of the molecule is O=[C]NN1CCCC1. The van der Waals surface area contributed by atoms with Crippen LogP contribution in [0.2, 0.25) is 0 Å². The summed E-state index contributed by atoms with van der Waals surface area (Å²) in [5.41, 5.74) is 2.47. The molecule has 45 valence electrons. The Morgan fingerprint density at radius 2 is 2.00 bits per heavy atom. The molecule has 1 aliphatic rings. The average Bonchev–Trinajstić information content (AvgIpc) is 2.19. The molecular weight excluding hydrogens is 104 g/mol. The molecule has 0 unspecified atom stereocenters. The van der Waals surface area contributed by atoms with E-state index in [2.05, 4.69) is 5.43 Å². The number of rotatable bonds is 2. The van der Waals surface area contributed by atoms with Crippen molar-refractivity contribution >= 4 is 6.41 Å². The quantitative estimate of drug-likeness (QED) is 0.496. The van der Waals surface area contributed by atoms with Crippen LogP contribution in [0.4, 0.5) is 0 Å². The lowest BCUT2D eigenvalue weighted by molar-refractivity contribution is 0.287. The molecule has 0 aromatic rings. The second-order valence-corrected chi connectivity index (χ2v) is 1.91. The Bertz CT molecular complexity index is 78.5. The van der Waals surface area contributed by atoms with Gasteiger partial charge in [0.15, 0.2) is 0 Å². The topological polar surface area (TPSA) is 32.3 Å². The molecule has 1 N–H and O–H groups in total. The zero-order valence-corrected chi connectivity index (χ0v) is 4.68. The Kier molecular flexibility index (Phi) is 1.86. The normalized spacial score (nSPS) is 21.0. The van der Waals surface area contributed by atoms with E-state index in [0.717, 1.165) is 13.1 Å². The molecule has 0 atom stereocenters. The van der Waals surface area contributed by atoms with Crippen LogP contribution in [-0.2, 0) is 4.79 Å². The smallest absolute Gasteiger partial charge is 0.280 e. The lowest BCUT2D eigenvalue weighted by Gasteiger charge is -2.09.